The molecule has 0 bridgehead atoms. The highest BCUT2D eigenvalue weighted by molar-refractivity contribution is 5.74. The minimum absolute atomic E-state index is 0.118. The number of hydrogen-bond donors (Lipinski definition) is 0. The predicted molar refractivity (Wildman–Crippen MR) is 104 cm³/mol. The molecule has 0 N–H and O–H groups in total. The zero-order valence-corrected chi connectivity index (χ0v) is 15.8. The van der Waals surface area contributed by atoms with Crippen LogP contribution in [-0.2, 0) is 14.3 Å². The largest absolute Gasteiger partial charge is 0.464 e. The van der Waals surface area contributed by atoms with Crippen molar-refractivity contribution in [2.75, 3.05) is 13.7 Å². The molecule has 0 amide bonds. The standard InChI is InChI=1S/C22H32O3/c1-4-25-21(23)20(24-3)16-12-15-19-22(2)17-13-10-8-6-5-7-9-11-14-18-22/h6-9,13-15,17-20H,4-5,10-12,16H2,1-3H3/b8-6-,9-7-,17-13-,18-14-,19-15-. The summed E-state index contributed by atoms with van der Waals surface area (Å²) in [6.45, 7) is 4.37. The van der Waals surface area contributed by atoms with Crippen molar-refractivity contribution >= 4 is 5.97 Å². The lowest BCUT2D eigenvalue weighted by Crippen LogP contribution is -2.25. The molecule has 3 heteroatoms. The van der Waals surface area contributed by atoms with Gasteiger partial charge in [-0.25, -0.2) is 4.79 Å². The van der Waals surface area contributed by atoms with E-state index in [1.54, 1.807) is 14.0 Å². The van der Waals surface area contributed by atoms with Gasteiger partial charge in [0.05, 0.1) is 6.61 Å². The van der Waals surface area contributed by atoms with Crippen molar-refractivity contribution in [3.8, 4) is 0 Å². The summed E-state index contributed by atoms with van der Waals surface area (Å²) in [6.07, 6.45) is 25.7. The molecule has 138 valence electrons. The summed E-state index contributed by atoms with van der Waals surface area (Å²) in [4.78, 5) is 11.7. The van der Waals surface area contributed by atoms with Gasteiger partial charge in [-0.05, 0) is 46.0 Å². The number of carbonyl (C=O) groups is 1. The maximum atomic E-state index is 11.7. The Bertz CT molecular complexity index is 499. The number of esters is 1. The molecule has 25 heavy (non-hydrogen) atoms. The van der Waals surface area contributed by atoms with Gasteiger partial charge in [0.25, 0.3) is 0 Å². The van der Waals surface area contributed by atoms with Crippen molar-refractivity contribution in [3.05, 3.63) is 60.8 Å². The highest BCUT2D eigenvalue weighted by Gasteiger charge is 2.18. The zero-order chi connectivity index (χ0) is 18.4. The van der Waals surface area contributed by atoms with Gasteiger partial charge in [0, 0.05) is 12.5 Å². The Morgan fingerprint density at radius 3 is 2.16 bits per heavy atom. The smallest absolute Gasteiger partial charge is 0.335 e. The minimum Gasteiger partial charge on any atom is -0.464 e. The molecule has 1 aliphatic rings. The fourth-order valence-corrected chi connectivity index (χ4v) is 2.58. The Morgan fingerprint density at radius 1 is 1.08 bits per heavy atom. The van der Waals surface area contributed by atoms with Gasteiger partial charge in [0.2, 0.25) is 0 Å². The van der Waals surface area contributed by atoms with E-state index >= 15 is 0 Å². The lowest BCUT2D eigenvalue weighted by molar-refractivity contribution is -0.155. The topological polar surface area (TPSA) is 35.5 Å². The van der Waals surface area contributed by atoms with Crippen molar-refractivity contribution in [1.29, 1.82) is 0 Å². The van der Waals surface area contributed by atoms with Crippen LogP contribution in [0.1, 0.15) is 46.0 Å². The van der Waals surface area contributed by atoms with E-state index in [9.17, 15) is 4.79 Å². The first-order valence-electron chi connectivity index (χ1n) is 9.14. The highest BCUT2D eigenvalue weighted by Crippen LogP contribution is 2.24. The van der Waals surface area contributed by atoms with E-state index in [1.807, 2.05) is 0 Å². The van der Waals surface area contributed by atoms with E-state index in [0.29, 0.717) is 13.0 Å². The average molecular weight is 344 g/mol. The van der Waals surface area contributed by atoms with Crippen molar-refractivity contribution in [2.45, 2.75) is 52.1 Å². The third-order valence-electron chi connectivity index (χ3n) is 4.01. The Kier molecular flexibility index (Phi) is 10.6. The van der Waals surface area contributed by atoms with Crippen LogP contribution in [-0.4, -0.2) is 25.8 Å². The summed E-state index contributed by atoms with van der Waals surface area (Å²) in [7, 11) is 1.55. The number of rotatable bonds is 7. The molecular formula is C22H32O3. The van der Waals surface area contributed by atoms with Gasteiger partial charge in [0.1, 0.15) is 0 Å². The zero-order valence-electron chi connectivity index (χ0n) is 15.8. The number of carbonyl (C=O) groups excluding carboxylic acids is 1. The van der Waals surface area contributed by atoms with E-state index in [-0.39, 0.29) is 11.4 Å². The quantitative estimate of drug-likeness (QED) is 0.463. The van der Waals surface area contributed by atoms with Crippen LogP contribution in [0.4, 0.5) is 0 Å². The predicted octanol–water partition coefficient (Wildman–Crippen LogP) is 5.32. The number of allylic oxidation sites excluding steroid dienone is 10. The van der Waals surface area contributed by atoms with Crippen LogP contribution in [0.25, 0.3) is 0 Å². The molecule has 0 saturated carbocycles. The molecule has 3 nitrogen and oxygen atoms in total. The van der Waals surface area contributed by atoms with Crippen molar-refractivity contribution < 1.29 is 14.3 Å². The van der Waals surface area contributed by atoms with Gasteiger partial charge >= 0.3 is 5.97 Å². The van der Waals surface area contributed by atoms with Gasteiger partial charge in [0.15, 0.2) is 6.10 Å². The molecule has 0 aliphatic heterocycles. The second kappa shape index (κ2) is 12.5. The molecular weight excluding hydrogens is 312 g/mol. The minimum atomic E-state index is -0.491. The van der Waals surface area contributed by atoms with Crippen molar-refractivity contribution in [1.82, 2.24) is 0 Å². The summed E-state index contributed by atoms with van der Waals surface area (Å²) in [6, 6.07) is 0. The van der Waals surface area contributed by atoms with Gasteiger partial charge in [-0.15, -0.1) is 0 Å². The normalized spacial score (nSPS) is 23.8. The summed E-state index contributed by atoms with van der Waals surface area (Å²) < 4.78 is 10.2. The van der Waals surface area contributed by atoms with E-state index in [4.69, 9.17) is 9.47 Å². The lowest BCUT2D eigenvalue weighted by Gasteiger charge is -2.18. The average Bonchev–Trinajstić information content (AvgIpc) is 2.58. The van der Waals surface area contributed by atoms with Gasteiger partial charge in [-0.1, -0.05) is 60.8 Å². The molecule has 0 aromatic carbocycles. The van der Waals surface area contributed by atoms with Crippen LogP contribution in [0.5, 0.6) is 0 Å². The van der Waals surface area contributed by atoms with Crippen LogP contribution >= 0.6 is 0 Å². The van der Waals surface area contributed by atoms with Crippen LogP contribution in [0, 0.1) is 5.41 Å². The number of ether oxygens (including phenoxy) is 2. The SMILES string of the molecule is CCOC(=O)C(CC/C=C\C1(C)/C=C\C/C=C\C/C=C\C/C=C\1)OC. The van der Waals surface area contributed by atoms with Crippen molar-refractivity contribution in [3.63, 3.8) is 0 Å². The number of methoxy groups -OCH3 is 1. The number of hydrogen-bond acceptors (Lipinski definition) is 3. The highest BCUT2D eigenvalue weighted by atomic mass is 16.6. The fraction of sp³-hybridized carbons (Fsp3) is 0.500. The van der Waals surface area contributed by atoms with Crippen LogP contribution in [0.15, 0.2) is 60.8 Å². The van der Waals surface area contributed by atoms with Crippen LogP contribution in [0.3, 0.4) is 0 Å². The first-order valence-corrected chi connectivity index (χ1v) is 9.14. The summed E-state index contributed by atoms with van der Waals surface area (Å²) in [5.41, 5.74) is -0.118. The molecule has 0 saturated heterocycles. The third kappa shape index (κ3) is 9.25. The van der Waals surface area contributed by atoms with E-state index in [1.165, 1.54) is 0 Å². The maximum Gasteiger partial charge on any atom is 0.335 e. The second-order valence-corrected chi connectivity index (χ2v) is 6.28. The molecule has 1 atom stereocenters. The fourth-order valence-electron chi connectivity index (χ4n) is 2.58. The first kappa shape index (κ1) is 21.2. The lowest BCUT2D eigenvalue weighted by atomic mass is 9.88. The molecule has 1 rings (SSSR count). The molecule has 0 radical (unpaired) electrons. The first-order chi connectivity index (χ1) is 12.1. The molecule has 1 unspecified atom stereocenters. The molecule has 0 fully saturated rings. The van der Waals surface area contributed by atoms with E-state index in [2.05, 4.69) is 67.7 Å². The van der Waals surface area contributed by atoms with Gasteiger partial charge in [-0.2, -0.15) is 0 Å². The Hall–Kier alpha value is -1.87. The third-order valence-corrected chi connectivity index (χ3v) is 4.01. The summed E-state index contributed by atoms with van der Waals surface area (Å²) >= 11 is 0. The Morgan fingerprint density at radius 2 is 1.64 bits per heavy atom. The van der Waals surface area contributed by atoms with Gasteiger partial charge in [-0.3, -0.25) is 0 Å². The molecule has 0 heterocycles. The maximum absolute atomic E-state index is 11.7. The molecule has 1 aliphatic carbocycles. The Labute approximate surface area is 152 Å². The summed E-state index contributed by atoms with van der Waals surface area (Å²) in [5, 5.41) is 0. The molecule has 0 aromatic heterocycles. The molecule has 0 spiro atoms. The van der Waals surface area contributed by atoms with Crippen molar-refractivity contribution in [2.24, 2.45) is 5.41 Å². The molecule has 0 aromatic rings. The monoisotopic (exact) mass is 344 g/mol. The van der Waals surface area contributed by atoms with E-state index < -0.39 is 6.10 Å². The van der Waals surface area contributed by atoms with E-state index in [0.717, 1.165) is 25.7 Å². The second-order valence-electron chi connectivity index (χ2n) is 6.28. The summed E-state index contributed by atoms with van der Waals surface area (Å²) in [5.74, 6) is -0.283. The Balaban J connectivity index is 2.65. The van der Waals surface area contributed by atoms with Gasteiger partial charge < -0.3 is 9.47 Å². The van der Waals surface area contributed by atoms with Crippen LogP contribution < -0.4 is 0 Å². The van der Waals surface area contributed by atoms with Crippen LogP contribution in [0.2, 0.25) is 0 Å².